The maximum Gasteiger partial charge on any atom is 1.00 e. The number of rotatable bonds is 6. The van der Waals surface area contributed by atoms with Crippen LogP contribution in [0.2, 0.25) is 0 Å². The van der Waals surface area contributed by atoms with Gasteiger partial charge in [0.2, 0.25) is 5.88 Å². The minimum Gasteiger partial charge on any atom is -1.00 e. The molecular formula is C23H31N4NaO5S. The predicted molar refractivity (Wildman–Crippen MR) is 125 cm³/mol. The molecule has 0 bridgehead atoms. The summed E-state index contributed by atoms with van der Waals surface area (Å²) in [4.78, 5) is 13.0. The summed E-state index contributed by atoms with van der Waals surface area (Å²) in [5.74, 6) is 0.112. The van der Waals surface area contributed by atoms with Crippen molar-refractivity contribution in [2.45, 2.75) is 70.8 Å². The van der Waals surface area contributed by atoms with E-state index in [1.54, 1.807) is 6.07 Å². The van der Waals surface area contributed by atoms with E-state index in [-0.39, 0.29) is 42.9 Å². The number of nitrogens with one attached hydrogen (secondary N) is 2. The Labute approximate surface area is 223 Å². The third-order valence-electron chi connectivity index (χ3n) is 6.84. The zero-order valence-corrected chi connectivity index (χ0v) is 22.7. The number of urea groups is 1. The number of ether oxygens (including phenoxy) is 1. The number of carbonyl (C=O) groups excluding carboxylic acids is 1. The number of hydrogen-bond acceptors (Lipinski definition) is 6. The smallest absolute Gasteiger partial charge is 1.00 e. The molecule has 0 radical (unpaired) electrons. The molecule has 1 aliphatic heterocycles. The van der Waals surface area contributed by atoms with Crippen molar-refractivity contribution in [2.75, 3.05) is 22.8 Å². The molecule has 1 aromatic heterocycles. The van der Waals surface area contributed by atoms with Gasteiger partial charge in [-0.25, -0.2) is 13.8 Å². The molecule has 2 aromatic rings. The summed E-state index contributed by atoms with van der Waals surface area (Å²) < 4.78 is 41.0. The number of aryl methyl sites for hydroxylation is 3. The Bertz CT molecular complexity index is 1130. The number of carbonyl (C=O) groups is 1. The van der Waals surface area contributed by atoms with E-state index < -0.39 is 16.2 Å². The molecule has 0 unspecified atom stereocenters. The Morgan fingerprint density at radius 3 is 2.35 bits per heavy atom. The van der Waals surface area contributed by atoms with Gasteiger partial charge in [-0.15, -0.1) is 0 Å². The Hall–Kier alpha value is -1.59. The summed E-state index contributed by atoms with van der Waals surface area (Å²) in [5.41, 5.74) is 6.28. The molecule has 2 aliphatic carbocycles. The van der Waals surface area contributed by atoms with E-state index in [4.69, 9.17) is 9.26 Å². The molecule has 9 nitrogen and oxygen atoms in total. The molecule has 0 spiro atoms. The van der Waals surface area contributed by atoms with Crippen LogP contribution < -0.4 is 43.9 Å². The molecule has 0 atom stereocenters. The zero-order valence-electron chi connectivity index (χ0n) is 20.9. The van der Waals surface area contributed by atoms with Gasteiger partial charge in [-0.3, -0.25) is 0 Å². The summed E-state index contributed by atoms with van der Waals surface area (Å²) in [6.07, 6.45) is 7.53. The van der Waals surface area contributed by atoms with Gasteiger partial charge in [0.25, 0.3) is 0 Å². The fourth-order valence-electron chi connectivity index (χ4n) is 5.26. The second-order valence-corrected chi connectivity index (χ2v) is 10.5. The number of benzene rings is 1. The zero-order chi connectivity index (χ0) is 23.0. The van der Waals surface area contributed by atoms with Crippen molar-refractivity contribution in [3.05, 3.63) is 40.1 Å². The van der Waals surface area contributed by atoms with Crippen molar-refractivity contribution in [3.63, 3.8) is 0 Å². The van der Waals surface area contributed by atoms with Gasteiger partial charge in [-0.2, -0.15) is 8.42 Å². The topological polar surface area (TPSA) is 114 Å². The first-order valence-electron chi connectivity index (χ1n) is 11.8. The standard InChI is InChI=1S/C23H30N4O5S.Na.H/c1-2-17-14-21(32-25-17)27(18-9-11-31-12-10-18)33(29,30)26-23(28)24-22-19-7-3-5-15(19)13-16-6-4-8-20(16)22;;/h13-14,18H,2-12H2,1H3,(H2,24,26,28);;/q;+1;-1. The quantitative estimate of drug-likeness (QED) is 0.557. The van der Waals surface area contributed by atoms with Gasteiger partial charge in [0.15, 0.2) is 0 Å². The van der Waals surface area contributed by atoms with Crippen LogP contribution in [-0.4, -0.2) is 38.9 Å². The molecular weight excluding hydrogens is 467 g/mol. The second kappa shape index (κ2) is 10.6. The molecule has 1 saturated heterocycles. The van der Waals surface area contributed by atoms with Gasteiger partial charge >= 0.3 is 45.8 Å². The first-order valence-corrected chi connectivity index (χ1v) is 13.2. The van der Waals surface area contributed by atoms with Gasteiger partial charge in [-0.05, 0) is 80.0 Å². The fraction of sp³-hybridized carbons (Fsp3) is 0.565. The molecule has 34 heavy (non-hydrogen) atoms. The third-order valence-corrected chi connectivity index (χ3v) is 8.28. The SMILES string of the molecule is CCc1cc(N(C2CCOCC2)S(=O)(=O)NC(=O)Nc2c3c(cc4c2CCC4)CCC3)on1.[H-].[Na+]. The van der Waals surface area contributed by atoms with Crippen molar-refractivity contribution in [2.24, 2.45) is 0 Å². The van der Waals surface area contributed by atoms with Gasteiger partial charge in [0, 0.05) is 25.0 Å². The van der Waals surface area contributed by atoms with Crippen molar-refractivity contribution < 1.29 is 53.5 Å². The molecule has 0 saturated carbocycles. The van der Waals surface area contributed by atoms with E-state index >= 15 is 0 Å². The van der Waals surface area contributed by atoms with Crippen LogP contribution in [-0.2, 0) is 47.1 Å². The largest absolute Gasteiger partial charge is 1.00 e. The molecule has 11 heteroatoms. The Morgan fingerprint density at radius 2 is 1.76 bits per heavy atom. The number of fused-ring (bicyclic) bond motifs is 2. The molecule has 2 heterocycles. The van der Waals surface area contributed by atoms with Crippen molar-refractivity contribution in [3.8, 4) is 0 Å². The molecule has 2 N–H and O–H groups in total. The van der Waals surface area contributed by atoms with Crippen LogP contribution in [0.3, 0.4) is 0 Å². The van der Waals surface area contributed by atoms with Crippen LogP contribution in [0.25, 0.3) is 0 Å². The Kier molecular flexibility index (Phi) is 7.93. The van der Waals surface area contributed by atoms with E-state index in [0.717, 1.165) is 59.6 Å². The van der Waals surface area contributed by atoms with E-state index in [9.17, 15) is 13.2 Å². The summed E-state index contributed by atoms with van der Waals surface area (Å²) >= 11 is 0. The summed E-state index contributed by atoms with van der Waals surface area (Å²) in [7, 11) is -4.24. The van der Waals surface area contributed by atoms with Crippen LogP contribution in [0.5, 0.6) is 0 Å². The Balaban J connectivity index is 0.00000171. The van der Waals surface area contributed by atoms with Crippen molar-refractivity contribution in [1.82, 2.24) is 9.88 Å². The first kappa shape index (κ1) is 25.5. The maximum absolute atomic E-state index is 13.4. The van der Waals surface area contributed by atoms with Crippen LogP contribution in [0.4, 0.5) is 16.4 Å². The predicted octanol–water partition coefficient (Wildman–Crippen LogP) is 0.383. The second-order valence-electron chi connectivity index (χ2n) is 8.94. The first-order chi connectivity index (χ1) is 16.0. The summed E-state index contributed by atoms with van der Waals surface area (Å²) in [6.45, 7) is 2.80. The van der Waals surface area contributed by atoms with Crippen LogP contribution in [0.1, 0.15) is 62.0 Å². The molecule has 5 rings (SSSR count). The van der Waals surface area contributed by atoms with Crippen molar-refractivity contribution in [1.29, 1.82) is 0 Å². The molecule has 2 amide bonds. The van der Waals surface area contributed by atoms with E-state index in [2.05, 4.69) is 21.3 Å². The van der Waals surface area contributed by atoms with Crippen LogP contribution >= 0.6 is 0 Å². The number of nitrogens with zero attached hydrogens (tertiary/aromatic N) is 2. The maximum atomic E-state index is 13.4. The average molecular weight is 499 g/mol. The minimum atomic E-state index is -4.24. The minimum absolute atomic E-state index is 0. The fourth-order valence-corrected chi connectivity index (χ4v) is 6.57. The van der Waals surface area contributed by atoms with E-state index in [1.807, 2.05) is 6.92 Å². The number of aromatic nitrogens is 1. The number of amides is 2. The Morgan fingerprint density at radius 1 is 1.12 bits per heavy atom. The van der Waals surface area contributed by atoms with E-state index in [1.165, 1.54) is 11.1 Å². The van der Waals surface area contributed by atoms with Gasteiger partial charge in [0.1, 0.15) is 0 Å². The molecule has 1 aromatic carbocycles. The number of anilines is 2. The number of hydrogen-bond donors (Lipinski definition) is 2. The summed E-state index contributed by atoms with van der Waals surface area (Å²) in [5, 5.41) is 6.85. The van der Waals surface area contributed by atoms with Crippen LogP contribution in [0.15, 0.2) is 16.7 Å². The molecule has 3 aliphatic rings. The monoisotopic (exact) mass is 498 g/mol. The van der Waals surface area contributed by atoms with Crippen molar-refractivity contribution >= 4 is 27.8 Å². The molecule has 1 fully saturated rings. The summed E-state index contributed by atoms with van der Waals surface area (Å²) in [6, 6.07) is 2.75. The third kappa shape index (κ3) is 5.02. The van der Waals surface area contributed by atoms with Crippen LogP contribution in [0, 0.1) is 0 Å². The van der Waals surface area contributed by atoms with Gasteiger partial charge in [-0.1, -0.05) is 18.1 Å². The van der Waals surface area contributed by atoms with Gasteiger partial charge in [0.05, 0.1) is 11.7 Å². The van der Waals surface area contributed by atoms with Gasteiger partial charge < -0.3 is 16.0 Å². The molecule has 180 valence electrons. The van der Waals surface area contributed by atoms with E-state index in [0.29, 0.717) is 38.2 Å². The normalized spacial score (nSPS) is 17.6. The average Bonchev–Trinajstić information content (AvgIpc) is 3.54.